The first-order valence-electron chi connectivity index (χ1n) is 8.50. The fraction of sp³-hybridized carbons (Fsp3) is 0.368. The van der Waals surface area contributed by atoms with E-state index < -0.39 is 0 Å². The Morgan fingerprint density at radius 2 is 1.92 bits per heavy atom. The van der Waals surface area contributed by atoms with Crippen LogP contribution >= 0.6 is 0 Å². The molecule has 1 aromatic carbocycles. The van der Waals surface area contributed by atoms with Gasteiger partial charge in [-0.15, -0.1) is 0 Å². The number of hydrogen-bond donors (Lipinski definition) is 1. The van der Waals surface area contributed by atoms with Crippen LogP contribution in [0.1, 0.15) is 29.5 Å². The predicted molar refractivity (Wildman–Crippen MR) is 91.8 cm³/mol. The van der Waals surface area contributed by atoms with Gasteiger partial charge in [-0.1, -0.05) is 6.07 Å². The van der Waals surface area contributed by atoms with Gasteiger partial charge in [0.25, 0.3) is 0 Å². The van der Waals surface area contributed by atoms with E-state index >= 15 is 0 Å². The number of morpholine rings is 1. The minimum atomic E-state index is 0.280. The molecular formula is C19H19N3O2. The van der Waals surface area contributed by atoms with Crippen molar-refractivity contribution in [3.8, 4) is 5.75 Å². The van der Waals surface area contributed by atoms with Crippen LogP contribution in [0.3, 0.4) is 0 Å². The van der Waals surface area contributed by atoms with E-state index in [0.29, 0.717) is 18.8 Å². The van der Waals surface area contributed by atoms with Crippen molar-refractivity contribution in [3.63, 3.8) is 0 Å². The van der Waals surface area contributed by atoms with E-state index in [2.05, 4.69) is 20.9 Å². The highest BCUT2D eigenvalue weighted by Gasteiger charge is 2.34. The molecule has 1 N–H and O–H groups in total. The Kier molecular flexibility index (Phi) is 3.10. The smallest absolute Gasteiger partial charge is 0.129 e. The van der Waals surface area contributed by atoms with Crippen LogP contribution in [0, 0.1) is 0 Å². The first kappa shape index (κ1) is 14.0. The molecular weight excluding hydrogens is 302 g/mol. The van der Waals surface area contributed by atoms with Gasteiger partial charge in [0.2, 0.25) is 0 Å². The second kappa shape index (κ2) is 5.31. The monoisotopic (exact) mass is 321 g/mol. The lowest BCUT2D eigenvalue weighted by Gasteiger charge is -2.33. The highest BCUT2D eigenvalue weighted by Crippen LogP contribution is 2.31. The lowest BCUT2D eigenvalue weighted by molar-refractivity contribution is 0.0302. The summed E-state index contributed by atoms with van der Waals surface area (Å²) in [5.41, 5.74) is 4.18. The standard InChI is InChI=1S/C19H19N3O2/c23-14-2-1-13-9-21-19(17(13)8-14)12-5-6-20-18(7-12)22-10-15-3-4-16(11-22)24-15/h1-2,5-8,15-16,23H,3-4,9-11H2. The number of anilines is 1. The average Bonchev–Trinajstić information content (AvgIpc) is 3.17. The largest absolute Gasteiger partial charge is 0.508 e. The molecule has 3 aliphatic rings. The number of aliphatic imine (C=N–C) groups is 1. The van der Waals surface area contributed by atoms with Crippen LogP contribution in [0.25, 0.3) is 0 Å². The van der Waals surface area contributed by atoms with Crippen LogP contribution in [-0.4, -0.2) is 41.1 Å². The van der Waals surface area contributed by atoms with Crippen LogP contribution in [-0.2, 0) is 11.3 Å². The molecule has 2 fully saturated rings. The zero-order chi connectivity index (χ0) is 16.1. The van der Waals surface area contributed by atoms with Crippen LogP contribution in [0.2, 0.25) is 0 Å². The molecule has 4 heterocycles. The van der Waals surface area contributed by atoms with Crippen molar-refractivity contribution in [1.82, 2.24) is 4.98 Å². The Hall–Kier alpha value is -2.40. The van der Waals surface area contributed by atoms with Crippen LogP contribution in [0.5, 0.6) is 5.75 Å². The van der Waals surface area contributed by atoms with Gasteiger partial charge in [-0.2, -0.15) is 0 Å². The summed E-state index contributed by atoms with van der Waals surface area (Å²) < 4.78 is 5.92. The number of nitrogens with zero attached hydrogens (tertiary/aromatic N) is 3. The van der Waals surface area contributed by atoms with Gasteiger partial charge in [-0.3, -0.25) is 4.99 Å². The molecule has 2 unspecified atom stereocenters. The summed E-state index contributed by atoms with van der Waals surface area (Å²) in [7, 11) is 0. The molecule has 5 nitrogen and oxygen atoms in total. The fourth-order valence-electron chi connectivity index (χ4n) is 3.96. The molecule has 5 rings (SSSR count). The van der Waals surface area contributed by atoms with Gasteiger partial charge in [-0.05, 0) is 42.7 Å². The Labute approximate surface area is 140 Å². The van der Waals surface area contributed by atoms with Gasteiger partial charge in [-0.25, -0.2) is 4.98 Å². The molecule has 2 saturated heterocycles. The summed E-state index contributed by atoms with van der Waals surface area (Å²) in [6, 6.07) is 9.58. The van der Waals surface area contributed by atoms with Crippen molar-refractivity contribution in [3.05, 3.63) is 53.2 Å². The normalized spacial score (nSPS) is 24.8. The fourth-order valence-corrected chi connectivity index (χ4v) is 3.96. The Balaban J connectivity index is 1.48. The molecule has 0 amide bonds. The number of rotatable bonds is 2. The van der Waals surface area contributed by atoms with E-state index in [9.17, 15) is 5.11 Å². The van der Waals surface area contributed by atoms with Crippen molar-refractivity contribution in [1.29, 1.82) is 0 Å². The average molecular weight is 321 g/mol. The molecule has 2 bridgehead atoms. The highest BCUT2D eigenvalue weighted by atomic mass is 16.5. The lowest BCUT2D eigenvalue weighted by Crippen LogP contribution is -2.43. The molecule has 0 aliphatic carbocycles. The number of phenolic OH excluding ortho intramolecular Hbond substituents is 1. The third-order valence-electron chi connectivity index (χ3n) is 5.14. The van der Waals surface area contributed by atoms with E-state index in [-0.39, 0.29) is 5.75 Å². The van der Waals surface area contributed by atoms with Crippen LogP contribution in [0.4, 0.5) is 5.82 Å². The number of benzene rings is 1. The summed E-state index contributed by atoms with van der Waals surface area (Å²) in [5, 5.41) is 9.80. The maximum atomic E-state index is 9.80. The predicted octanol–water partition coefficient (Wildman–Crippen LogP) is 2.51. The summed E-state index contributed by atoms with van der Waals surface area (Å²) >= 11 is 0. The zero-order valence-corrected chi connectivity index (χ0v) is 13.4. The molecule has 1 aromatic heterocycles. The van der Waals surface area contributed by atoms with E-state index in [4.69, 9.17) is 4.74 Å². The van der Waals surface area contributed by atoms with Gasteiger partial charge in [0, 0.05) is 30.4 Å². The molecule has 2 aromatic rings. The van der Waals surface area contributed by atoms with E-state index in [1.807, 2.05) is 18.3 Å². The minimum absolute atomic E-state index is 0.280. The highest BCUT2D eigenvalue weighted by molar-refractivity contribution is 6.15. The molecule has 122 valence electrons. The molecule has 0 saturated carbocycles. The van der Waals surface area contributed by atoms with Crippen molar-refractivity contribution < 1.29 is 9.84 Å². The number of pyridine rings is 1. The van der Waals surface area contributed by atoms with Crippen molar-refractivity contribution in [2.24, 2.45) is 4.99 Å². The number of aromatic nitrogens is 1. The summed E-state index contributed by atoms with van der Waals surface area (Å²) in [4.78, 5) is 11.6. The molecule has 2 atom stereocenters. The summed E-state index contributed by atoms with van der Waals surface area (Å²) in [6.45, 7) is 2.50. The molecule has 0 spiro atoms. The molecule has 5 heteroatoms. The van der Waals surface area contributed by atoms with Gasteiger partial charge < -0.3 is 14.7 Å². The van der Waals surface area contributed by atoms with E-state index in [1.54, 1.807) is 12.1 Å². The molecule has 24 heavy (non-hydrogen) atoms. The molecule has 3 aliphatic heterocycles. The third kappa shape index (κ3) is 2.27. The zero-order valence-electron chi connectivity index (χ0n) is 13.4. The second-order valence-corrected chi connectivity index (χ2v) is 6.77. The third-order valence-corrected chi connectivity index (χ3v) is 5.14. The van der Waals surface area contributed by atoms with Crippen molar-refractivity contribution in [2.75, 3.05) is 18.0 Å². The van der Waals surface area contributed by atoms with E-state index in [1.165, 1.54) is 0 Å². The minimum Gasteiger partial charge on any atom is -0.508 e. The number of hydrogen-bond acceptors (Lipinski definition) is 5. The maximum absolute atomic E-state index is 9.80. The molecule has 0 radical (unpaired) electrons. The van der Waals surface area contributed by atoms with Crippen molar-refractivity contribution in [2.45, 2.75) is 31.6 Å². The van der Waals surface area contributed by atoms with E-state index in [0.717, 1.165) is 54.2 Å². The topological polar surface area (TPSA) is 58.0 Å². The van der Waals surface area contributed by atoms with Crippen LogP contribution < -0.4 is 4.90 Å². The lowest BCUT2D eigenvalue weighted by atomic mass is 10.0. The maximum Gasteiger partial charge on any atom is 0.129 e. The van der Waals surface area contributed by atoms with Gasteiger partial charge in [0.05, 0.1) is 24.5 Å². The van der Waals surface area contributed by atoms with Crippen LogP contribution in [0.15, 0.2) is 41.5 Å². The number of phenols is 1. The number of fused-ring (bicyclic) bond motifs is 3. The van der Waals surface area contributed by atoms with Gasteiger partial charge in [0.1, 0.15) is 11.6 Å². The number of aromatic hydroxyl groups is 1. The SMILES string of the molecule is Oc1ccc2c(c1)C(c1ccnc(N3CC4CCC(C3)O4)c1)=NC2. The van der Waals surface area contributed by atoms with Crippen molar-refractivity contribution >= 4 is 11.5 Å². The Bertz CT molecular complexity index is 821. The first-order valence-corrected chi connectivity index (χ1v) is 8.50. The second-order valence-electron chi connectivity index (χ2n) is 6.77. The number of ether oxygens (including phenoxy) is 1. The summed E-state index contributed by atoms with van der Waals surface area (Å²) in [6.07, 6.45) is 4.84. The summed E-state index contributed by atoms with van der Waals surface area (Å²) in [5.74, 6) is 1.27. The van der Waals surface area contributed by atoms with Gasteiger partial charge in [0.15, 0.2) is 0 Å². The first-order chi connectivity index (χ1) is 11.8. The Morgan fingerprint density at radius 3 is 2.75 bits per heavy atom. The van der Waals surface area contributed by atoms with Gasteiger partial charge >= 0.3 is 0 Å². The quantitative estimate of drug-likeness (QED) is 0.923. The Morgan fingerprint density at radius 1 is 1.08 bits per heavy atom.